The molecular weight excluding hydrogens is 186 g/mol. The average molecular weight is 195 g/mol. The van der Waals surface area contributed by atoms with Crippen LogP contribution in [-0.4, -0.2) is 23.5 Å². The highest BCUT2D eigenvalue weighted by Crippen LogP contribution is 2.09. The molecule has 0 fully saturated rings. The lowest BCUT2D eigenvalue weighted by Gasteiger charge is -2.09. The Balaban J connectivity index is 3.13. The fourth-order valence-corrected chi connectivity index (χ4v) is 1.08. The highest BCUT2D eigenvalue weighted by molar-refractivity contribution is 7.78. The molecule has 0 aromatic heterocycles. The van der Waals surface area contributed by atoms with Gasteiger partial charge in [-0.25, -0.2) is 0 Å². The number of thiol groups is 1. The van der Waals surface area contributed by atoms with Crippen molar-refractivity contribution in [3.63, 3.8) is 0 Å². The molecule has 0 atom stereocenters. The zero-order valence-electron chi connectivity index (χ0n) is 7.10. The summed E-state index contributed by atoms with van der Waals surface area (Å²) in [6, 6.07) is 6.60. The van der Waals surface area contributed by atoms with E-state index in [1.54, 1.807) is 24.3 Å². The quantitative estimate of drug-likeness (QED) is 0.572. The Morgan fingerprint density at radius 2 is 2.08 bits per heavy atom. The number of nitrogens with zero attached hydrogens (tertiary/aromatic N) is 1. The van der Waals surface area contributed by atoms with Gasteiger partial charge in [0.2, 0.25) is 0 Å². The summed E-state index contributed by atoms with van der Waals surface area (Å²) in [4.78, 5) is 22.0. The van der Waals surface area contributed by atoms with E-state index in [9.17, 15) is 9.59 Å². The number of hydrogen-bond donors (Lipinski definition) is 1. The van der Waals surface area contributed by atoms with Crippen molar-refractivity contribution in [1.29, 1.82) is 0 Å². The van der Waals surface area contributed by atoms with Crippen LogP contribution in [0.3, 0.4) is 0 Å². The maximum absolute atomic E-state index is 11.4. The van der Waals surface area contributed by atoms with Crippen LogP contribution in [-0.2, 0) is 0 Å². The predicted molar refractivity (Wildman–Crippen MR) is 52.9 cm³/mol. The molecule has 1 amide bonds. The van der Waals surface area contributed by atoms with Gasteiger partial charge in [-0.15, -0.1) is 0 Å². The van der Waals surface area contributed by atoms with Crippen LogP contribution in [0.4, 0.5) is 0 Å². The first kappa shape index (κ1) is 9.80. The first-order chi connectivity index (χ1) is 6.16. The van der Waals surface area contributed by atoms with Crippen molar-refractivity contribution in [3.05, 3.63) is 35.4 Å². The number of carbonyl (C=O) groups excluding carboxylic acids is 2. The summed E-state index contributed by atoms with van der Waals surface area (Å²) >= 11 is 3.86. The summed E-state index contributed by atoms with van der Waals surface area (Å²) in [5.74, 6) is -0.286. The maximum atomic E-state index is 11.4. The topological polar surface area (TPSA) is 37.4 Å². The predicted octanol–water partition coefficient (Wildman–Crippen LogP) is 1.42. The van der Waals surface area contributed by atoms with E-state index in [4.69, 9.17) is 0 Å². The van der Waals surface area contributed by atoms with Gasteiger partial charge in [-0.3, -0.25) is 13.9 Å². The van der Waals surface area contributed by atoms with E-state index in [1.165, 1.54) is 7.05 Å². The summed E-state index contributed by atoms with van der Waals surface area (Å²) in [7, 11) is 1.52. The molecule has 4 heteroatoms. The highest BCUT2D eigenvalue weighted by Gasteiger charge is 2.11. The molecule has 3 nitrogen and oxygen atoms in total. The third-order valence-corrected chi connectivity index (χ3v) is 1.79. The van der Waals surface area contributed by atoms with Crippen LogP contribution in [0, 0.1) is 0 Å². The smallest absolute Gasteiger partial charge is 0.263 e. The molecule has 13 heavy (non-hydrogen) atoms. The molecule has 0 saturated carbocycles. The lowest BCUT2D eigenvalue weighted by molar-refractivity contribution is 0.0889. The summed E-state index contributed by atoms with van der Waals surface area (Å²) in [6.07, 6.45) is 0.657. The fourth-order valence-electron chi connectivity index (χ4n) is 0.969. The van der Waals surface area contributed by atoms with E-state index in [2.05, 4.69) is 12.8 Å². The van der Waals surface area contributed by atoms with Crippen molar-refractivity contribution in [3.8, 4) is 0 Å². The lowest BCUT2D eigenvalue weighted by Crippen LogP contribution is -2.18. The van der Waals surface area contributed by atoms with Crippen molar-refractivity contribution in [1.82, 2.24) is 4.31 Å². The van der Waals surface area contributed by atoms with Gasteiger partial charge in [0.05, 0.1) is 5.56 Å². The number of aldehydes is 1. The van der Waals surface area contributed by atoms with E-state index in [0.717, 1.165) is 4.31 Å². The molecule has 1 aromatic carbocycles. The minimum Gasteiger partial charge on any atom is -0.298 e. The van der Waals surface area contributed by atoms with Gasteiger partial charge in [-0.2, -0.15) is 0 Å². The highest BCUT2D eigenvalue weighted by atomic mass is 32.1. The van der Waals surface area contributed by atoms with Crippen LogP contribution in [0.25, 0.3) is 0 Å². The van der Waals surface area contributed by atoms with Crippen LogP contribution in [0.15, 0.2) is 24.3 Å². The van der Waals surface area contributed by atoms with Gasteiger partial charge >= 0.3 is 0 Å². The average Bonchev–Trinajstić information content (AvgIpc) is 2.16. The van der Waals surface area contributed by atoms with E-state index in [-0.39, 0.29) is 5.91 Å². The lowest BCUT2D eigenvalue weighted by atomic mass is 10.1. The molecule has 68 valence electrons. The Morgan fingerprint density at radius 3 is 2.62 bits per heavy atom. The summed E-state index contributed by atoms with van der Waals surface area (Å²) in [6.45, 7) is 0. The maximum Gasteiger partial charge on any atom is 0.263 e. The minimum atomic E-state index is -0.286. The van der Waals surface area contributed by atoms with E-state index in [1.807, 2.05) is 0 Å². The van der Waals surface area contributed by atoms with Gasteiger partial charge < -0.3 is 0 Å². The van der Waals surface area contributed by atoms with Gasteiger partial charge in [0, 0.05) is 12.6 Å². The Kier molecular flexibility index (Phi) is 3.08. The normalized spacial score (nSPS) is 9.38. The van der Waals surface area contributed by atoms with E-state index < -0.39 is 0 Å². The SMILES string of the molecule is CN(S)C(=O)c1ccccc1C=O. The number of benzene rings is 1. The molecule has 0 aliphatic heterocycles. The second-order valence-electron chi connectivity index (χ2n) is 2.53. The van der Waals surface area contributed by atoms with Crippen LogP contribution in [0.1, 0.15) is 20.7 Å². The number of rotatable bonds is 2. The van der Waals surface area contributed by atoms with Crippen LogP contribution in [0.5, 0.6) is 0 Å². The Bertz CT molecular complexity index is 336. The second-order valence-corrected chi connectivity index (χ2v) is 3.13. The minimum absolute atomic E-state index is 0.286. The molecule has 0 aliphatic carbocycles. The second kappa shape index (κ2) is 4.09. The first-order valence-corrected chi connectivity index (χ1v) is 4.08. The number of hydrogen-bond acceptors (Lipinski definition) is 3. The molecule has 1 rings (SSSR count). The molecule has 0 aliphatic rings. The van der Waals surface area contributed by atoms with Crippen molar-refractivity contribution in [2.75, 3.05) is 7.05 Å². The van der Waals surface area contributed by atoms with Crippen molar-refractivity contribution >= 4 is 25.0 Å². The first-order valence-electron chi connectivity index (χ1n) is 3.68. The zero-order valence-corrected chi connectivity index (χ0v) is 7.99. The molecule has 0 heterocycles. The largest absolute Gasteiger partial charge is 0.298 e. The zero-order chi connectivity index (χ0) is 9.84. The molecule has 1 aromatic rings. The summed E-state index contributed by atoms with van der Waals surface area (Å²) < 4.78 is 1.14. The van der Waals surface area contributed by atoms with Crippen molar-refractivity contribution in [2.24, 2.45) is 0 Å². The molecule has 0 unspecified atom stereocenters. The molecule has 0 saturated heterocycles. The Morgan fingerprint density at radius 1 is 1.46 bits per heavy atom. The van der Waals surface area contributed by atoms with Crippen molar-refractivity contribution in [2.45, 2.75) is 0 Å². The van der Waals surface area contributed by atoms with Crippen molar-refractivity contribution < 1.29 is 9.59 Å². The van der Waals surface area contributed by atoms with Crippen LogP contribution >= 0.6 is 12.8 Å². The molecule has 0 radical (unpaired) electrons. The van der Waals surface area contributed by atoms with Gasteiger partial charge in [-0.1, -0.05) is 31.0 Å². The van der Waals surface area contributed by atoms with Crippen LogP contribution in [0.2, 0.25) is 0 Å². The molecular formula is C9H9NO2S. The third-order valence-electron chi connectivity index (χ3n) is 1.61. The summed E-state index contributed by atoms with van der Waals surface area (Å²) in [5.41, 5.74) is 0.753. The van der Waals surface area contributed by atoms with E-state index >= 15 is 0 Å². The third kappa shape index (κ3) is 2.09. The van der Waals surface area contributed by atoms with Crippen LogP contribution < -0.4 is 0 Å². The summed E-state index contributed by atoms with van der Waals surface area (Å²) in [5, 5.41) is 0. The van der Waals surface area contributed by atoms with Gasteiger partial charge in [0.1, 0.15) is 0 Å². The van der Waals surface area contributed by atoms with Gasteiger partial charge in [0.25, 0.3) is 5.91 Å². The number of carbonyl (C=O) groups is 2. The Hall–Kier alpha value is -1.29. The fraction of sp³-hybridized carbons (Fsp3) is 0.111. The molecule has 0 N–H and O–H groups in total. The van der Waals surface area contributed by atoms with E-state index in [0.29, 0.717) is 17.4 Å². The van der Waals surface area contributed by atoms with Gasteiger partial charge in [-0.05, 0) is 6.07 Å². The Labute approximate surface area is 81.9 Å². The number of amides is 1. The standard InChI is InChI=1S/C9H9NO2S/c1-10(13)9(12)8-5-3-2-4-7(8)6-11/h2-6,13H,1H3. The molecule has 0 spiro atoms. The molecule has 0 bridgehead atoms. The monoisotopic (exact) mass is 195 g/mol. The van der Waals surface area contributed by atoms with Gasteiger partial charge in [0.15, 0.2) is 6.29 Å².